The third kappa shape index (κ3) is 3.45. The molecule has 1 aliphatic carbocycles. The number of hydrogen-bond acceptors (Lipinski definition) is 3. The SMILES string of the molecule is CC(C)(C)[C@@H](NC(=O)C1(N)CCCCC1)C(=O)O. The summed E-state index contributed by atoms with van der Waals surface area (Å²) < 4.78 is 0. The summed E-state index contributed by atoms with van der Waals surface area (Å²) in [6.45, 7) is 5.36. The van der Waals surface area contributed by atoms with E-state index in [1.54, 1.807) is 20.8 Å². The van der Waals surface area contributed by atoms with E-state index in [0.29, 0.717) is 12.8 Å². The second kappa shape index (κ2) is 5.26. The molecule has 0 saturated heterocycles. The summed E-state index contributed by atoms with van der Waals surface area (Å²) in [5.41, 5.74) is 4.66. The number of carboxylic acids is 1. The lowest BCUT2D eigenvalue weighted by Crippen LogP contribution is -2.60. The summed E-state index contributed by atoms with van der Waals surface area (Å²) in [7, 11) is 0. The summed E-state index contributed by atoms with van der Waals surface area (Å²) in [6, 6.07) is -0.910. The molecule has 18 heavy (non-hydrogen) atoms. The van der Waals surface area contributed by atoms with Gasteiger partial charge in [0.15, 0.2) is 0 Å². The van der Waals surface area contributed by atoms with Gasteiger partial charge in [0.25, 0.3) is 0 Å². The van der Waals surface area contributed by atoms with Crippen LogP contribution < -0.4 is 11.1 Å². The largest absolute Gasteiger partial charge is 0.480 e. The normalized spacial score (nSPS) is 21.1. The van der Waals surface area contributed by atoms with Crippen LogP contribution in [0.1, 0.15) is 52.9 Å². The Balaban J connectivity index is 2.75. The Bertz CT molecular complexity index is 328. The standard InChI is InChI=1S/C13H24N2O3/c1-12(2,3)9(10(16)17)15-11(18)13(14)7-5-4-6-8-13/h9H,4-8,14H2,1-3H3,(H,15,18)(H,16,17)/t9-/m0/s1. The van der Waals surface area contributed by atoms with E-state index >= 15 is 0 Å². The van der Waals surface area contributed by atoms with E-state index < -0.39 is 23.0 Å². The van der Waals surface area contributed by atoms with Crippen molar-refractivity contribution in [2.75, 3.05) is 0 Å². The molecular formula is C13H24N2O3. The van der Waals surface area contributed by atoms with Gasteiger partial charge in [-0.1, -0.05) is 40.0 Å². The van der Waals surface area contributed by atoms with E-state index in [1.807, 2.05) is 0 Å². The number of hydrogen-bond donors (Lipinski definition) is 3. The molecule has 0 aromatic heterocycles. The zero-order valence-electron chi connectivity index (χ0n) is 11.5. The van der Waals surface area contributed by atoms with Crippen molar-refractivity contribution in [3.05, 3.63) is 0 Å². The van der Waals surface area contributed by atoms with E-state index in [1.165, 1.54) is 0 Å². The molecule has 1 amide bonds. The molecule has 5 nitrogen and oxygen atoms in total. The molecule has 1 atom stereocenters. The van der Waals surface area contributed by atoms with Crippen molar-refractivity contribution in [3.8, 4) is 0 Å². The number of carbonyl (C=O) groups excluding carboxylic acids is 1. The lowest BCUT2D eigenvalue weighted by Gasteiger charge is -2.35. The zero-order chi connectivity index (χ0) is 14.0. The zero-order valence-corrected chi connectivity index (χ0v) is 11.5. The number of rotatable bonds is 3. The quantitative estimate of drug-likeness (QED) is 0.709. The van der Waals surface area contributed by atoms with Crippen LogP contribution in [-0.2, 0) is 9.59 Å². The van der Waals surface area contributed by atoms with Gasteiger partial charge in [-0.15, -0.1) is 0 Å². The molecule has 0 aromatic rings. The van der Waals surface area contributed by atoms with E-state index in [0.717, 1.165) is 19.3 Å². The van der Waals surface area contributed by atoms with Gasteiger partial charge in [0.1, 0.15) is 6.04 Å². The van der Waals surface area contributed by atoms with Crippen molar-refractivity contribution in [1.29, 1.82) is 0 Å². The smallest absolute Gasteiger partial charge is 0.326 e. The first-order valence-electron chi connectivity index (χ1n) is 6.49. The summed E-state index contributed by atoms with van der Waals surface area (Å²) in [4.78, 5) is 23.4. The molecule has 4 N–H and O–H groups in total. The minimum Gasteiger partial charge on any atom is -0.480 e. The molecule has 0 aliphatic heterocycles. The molecule has 0 unspecified atom stereocenters. The summed E-state index contributed by atoms with van der Waals surface area (Å²) >= 11 is 0. The maximum absolute atomic E-state index is 12.2. The first-order valence-corrected chi connectivity index (χ1v) is 6.49. The molecule has 0 radical (unpaired) electrons. The summed E-state index contributed by atoms with van der Waals surface area (Å²) in [5.74, 6) is -1.35. The van der Waals surface area contributed by atoms with E-state index in [9.17, 15) is 14.7 Å². The Morgan fingerprint density at radius 1 is 1.22 bits per heavy atom. The topological polar surface area (TPSA) is 92.4 Å². The van der Waals surface area contributed by atoms with Crippen LogP contribution in [0.5, 0.6) is 0 Å². The van der Waals surface area contributed by atoms with Crippen molar-refractivity contribution < 1.29 is 14.7 Å². The van der Waals surface area contributed by atoms with Crippen LogP contribution in [0.2, 0.25) is 0 Å². The number of aliphatic carboxylic acids is 1. The number of carboxylic acid groups (broad SMARTS) is 1. The number of nitrogens with two attached hydrogens (primary N) is 1. The van der Waals surface area contributed by atoms with Crippen LogP contribution in [-0.4, -0.2) is 28.6 Å². The lowest BCUT2D eigenvalue weighted by atomic mass is 9.80. The second-order valence-electron chi connectivity index (χ2n) is 6.33. The Labute approximate surface area is 108 Å². The first kappa shape index (κ1) is 15.0. The molecule has 0 spiro atoms. The van der Waals surface area contributed by atoms with Gasteiger partial charge in [0.05, 0.1) is 5.54 Å². The third-order valence-electron chi connectivity index (χ3n) is 3.59. The molecule has 5 heteroatoms. The number of carbonyl (C=O) groups is 2. The minimum absolute atomic E-state index is 0.329. The van der Waals surface area contributed by atoms with Crippen molar-refractivity contribution in [1.82, 2.24) is 5.32 Å². The highest BCUT2D eigenvalue weighted by molar-refractivity contribution is 5.90. The molecule has 104 valence electrons. The predicted molar refractivity (Wildman–Crippen MR) is 69.0 cm³/mol. The van der Waals surface area contributed by atoms with Crippen LogP contribution in [0.4, 0.5) is 0 Å². The molecule has 1 fully saturated rings. The maximum Gasteiger partial charge on any atom is 0.326 e. The molecule has 0 aromatic carbocycles. The van der Waals surface area contributed by atoms with Crippen molar-refractivity contribution in [3.63, 3.8) is 0 Å². The number of amides is 1. The van der Waals surface area contributed by atoms with Crippen LogP contribution in [0.25, 0.3) is 0 Å². The fourth-order valence-electron chi connectivity index (χ4n) is 2.33. The molecule has 1 rings (SSSR count). The molecule has 0 heterocycles. The Morgan fingerprint density at radius 3 is 2.11 bits per heavy atom. The maximum atomic E-state index is 12.2. The fraction of sp³-hybridized carbons (Fsp3) is 0.846. The Hall–Kier alpha value is -1.10. The minimum atomic E-state index is -1.02. The second-order valence-corrected chi connectivity index (χ2v) is 6.33. The van der Waals surface area contributed by atoms with Crippen molar-refractivity contribution in [2.45, 2.75) is 64.5 Å². The summed E-state index contributed by atoms with van der Waals surface area (Å²) in [5, 5.41) is 11.8. The average molecular weight is 256 g/mol. The molecule has 1 aliphatic rings. The highest BCUT2D eigenvalue weighted by Gasteiger charge is 2.40. The Kier molecular flexibility index (Phi) is 4.37. The highest BCUT2D eigenvalue weighted by atomic mass is 16.4. The monoisotopic (exact) mass is 256 g/mol. The van der Waals surface area contributed by atoms with Gasteiger partial charge in [-0.05, 0) is 18.3 Å². The number of nitrogens with one attached hydrogen (secondary N) is 1. The predicted octanol–water partition coefficient (Wildman–Crippen LogP) is 1.26. The molecule has 0 bridgehead atoms. The first-order chi connectivity index (χ1) is 8.17. The Morgan fingerprint density at radius 2 is 1.72 bits per heavy atom. The summed E-state index contributed by atoms with van der Waals surface area (Å²) in [6.07, 6.45) is 4.22. The van der Waals surface area contributed by atoms with Crippen LogP contribution >= 0.6 is 0 Å². The van der Waals surface area contributed by atoms with E-state index in [4.69, 9.17) is 5.73 Å². The van der Waals surface area contributed by atoms with Crippen LogP contribution in [0.3, 0.4) is 0 Å². The van der Waals surface area contributed by atoms with Gasteiger partial charge in [-0.2, -0.15) is 0 Å². The highest BCUT2D eigenvalue weighted by Crippen LogP contribution is 2.27. The van der Waals surface area contributed by atoms with Gasteiger partial charge < -0.3 is 16.2 Å². The third-order valence-corrected chi connectivity index (χ3v) is 3.59. The lowest BCUT2D eigenvalue weighted by molar-refractivity contribution is -0.146. The van der Waals surface area contributed by atoms with E-state index in [-0.39, 0.29) is 5.91 Å². The average Bonchev–Trinajstić information content (AvgIpc) is 2.24. The van der Waals surface area contributed by atoms with Gasteiger partial charge >= 0.3 is 5.97 Å². The van der Waals surface area contributed by atoms with Gasteiger partial charge in [0, 0.05) is 0 Å². The molecule has 1 saturated carbocycles. The van der Waals surface area contributed by atoms with Crippen molar-refractivity contribution in [2.24, 2.45) is 11.1 Å². The van der Waals surface area contributed by atoms with E-state index in [2.05, 4.69) is 5.32 Å². The van der Waals surface area contributed by atoms with Gasteiger partial charge in [-0.3, -0.25) is 4.79 Å². The van der Waals surface area contributed by atoms with Crippen LogP contribution in [0, 0.1) is 5.41 Å². The van der Waals surface area contributed by atoms with Crippen molar-refractivity contribution >= 4 is 11.9 Å². The molecular weight excluding hydrogens is 232 g/mol. The van der Waals surface area contributed by atoms with Crippen LogP contribution in [0.15, 0.2) is 0 Å². The fourth-order valence-corrected chi connectivity index (χ4v) is 2.33. The van der Waals surface area contributed by atoms with Gasteiger partial charge in [0.2, 0.25) is 5.91 Å². The van der Waals surface area contributed by atoms with Gasteiger partial charge in [-0.25, -0.2) is 4.79 Å².